The lowest BCUT2D eigenvalue weighted by Crippen LogP contribution is -2.40. The van der Waals surface area contributed by atoms with Gasteiger partial charge >= 0.3 is 11.9 Å². The van der Waals surface area contributed by atoms with E-state index >= 15 is 0 Å². The van der Waals surface area contributed by atoms with Gasteiger partial charge in [0.05, 0.1) is 26.3 Å². The molecule has 0 spiro atoms. The maximum absolute atomic E-state index is 11.5. The number of hydrogen-bond acceptors (Lipinski definition) is 8. The van der Waals surface area contributed by atoms with Crippen molar-refractivity contribution in [3.8, 4) is 0 Å². The van der Waals surface area contributed by atoms with E-state index in [1.54, 1.807) is 0 Å². The molecule has 0 atom stereocenters. The second-order valence-corrected chi connectivity index (χ2v) is 9.05. The summed E-state index contributed by atoms with van der Waals surface area (Å²) in [6, 6.07) is 0.227. The fraction of sp³-hybridized carbons (Fsp3) is 0.905. The fourth-order valence-electron chi connectivity index (χ4n) is 2.23. The molecule has 0 bridgehead atoms. The number of likely N-dealkylation sites (N-methyl/N-ethyl adjacent to an activating group) is 1. The van der Waals surface area contributed by atoms with Gasteiger partial charge in [0, 0.05) is 19.1 Å². The summed E-state index contributed by atoms with van der Waals surface area (Å²) in [5.41, 5.74) is -0.880. The summed E-state index contributed by atoms with van der Waals surface area (Å²) >= 11 is 0. The minimum Gasteiger partial charge on any atom is -0.459 e. The molecule has 0 heterocycles. The molecular formula is C21H44N2O6. The van der Waals surface area contributed by atoms with Gasteiger partial charge in [0.1, 0.15) is 11.2 Å². The van der Waals surface area contributed by atoms with Crippen LogP contribution >= 0.6 is 0 Å². The van der Waals surface area contributed by atoms with Gasteiger partial charge in [-0.05, 0) is 61.9 Å². The number of ether oxygens (including phenoxy) is 2. The molecule has 0 amide bonds. The Bertz CT molecular complexity index is 455. The Morgan fingerprint density at radius 1 is 0.828 bits per heavy atom. The zero-order valence-electron chi connectivity index (χ0n) is 19.9. The van der Waals surface area contributed by atoms with Crippen molar-refractivity contribution >= 4 is 11.9 Å². The lowest BCUT2D eigenvalue weighted by atomic mass is 10.2. The number of carbonyl (C=O) groups excluding carboxylic acids is 2. The Balaban J connectivity index is 0. The highest BCUT2D eigenvalue weighted by atomic mass is 16.6. The third-order valence-electron chi connectivity index (χ3n) is 3.51. The zero-order valence-corrected chi connectivity index (χ0v) is 19.9. The van der Waals surface area contributed by atoms with Crippen LogP contribution in [-0.4, -0.2) is 95.1 Å². The van der Waals surface area contributed by atoms with Gasteiger partial charge in [0.15, 0.2) is 0 Å². The summed E-state index contributed by atoms with van der Waals surface area (Å²) in [5, 5.41) is 17.6. The molecule has 0 aliphatic heterocycles. The van der Waals surface area contributed by atoms with Crippen molar-refractivity contribution < 1.29 is 29.3 Å². The van der Waals surface area contributed by atoms with Crippen LogP contribution in [0.4, 0.5) is 0 Å². The van der Waals surface area contributed by atoms with E-state index in [9.17, 15) is 9.59 Å². The highest BCUT2D eigenvalue weighted by molar-refractivity contribution is 5.72. The van der Waals surface area contributed by atoms with Gasteiger partial charge in [0.25, 0.3) is 0 Å². The van der Waals surface area contributed by atoms with Crippen LogP contribution in [0.2, 0.25) is 0 Å². The summed E-state index contributed by atoms with van der Waals surface area (Å²) < 4.78 is 10.4. The van der Waals surface area contributed by atoms with Crippen molar-refractivity contribution in [3.63, 3.8) is 0 Å². The molecule has 0 aromatic rings. The van der Waals surface area contributed by atoms with Gasteiger partial charge in [0.2, 0.25) is 0 Å². The highest BCUT2D eigenvalue weighted by Crippen LogP contribution is 2.08. The Morgan fingerprint density at radius 2 is 1.24 bits per heavy atom. The first-order valence-electron chi connectivity index (χ1n) is 10.3. The molecule has 29 heavy (non-hydrogen) atoms. The lowest BCUT2D eigenvalue weighted by Gasteiger charge is -2.27. The molecule has 0 aromatic heterocycles. The van der Waals surface area contributed by atoms with Crippen molar-refractivity contribution in [2.75, 3.05) is 45.9 Å². The Hall–Kier alpha value is -1.22. The van der Waals surface area contributed by atoms with Crippen molar-refractivity contribution in [1.82, 2.24) is 9.80 Å². The van der Waals surface area contributed by atoms with Gasteiger partial charge in [-0.3, -0.25) is 19.4 Å². The highest BCUT2D eigenvalue weighted by Gasteiger charge is 2.20. The first-order valence-corrected chi connectivity index (χ1v) is 10.3. The molecule has 0 aliphatic rings. The van der Waals surface area contributed by atoms with Crippen LogP contribution in [0, 0.1) is 0 Å². The van der Waals surface area contributed by atoms with E-state index in [1.807, 2.05) is 72.1 Å². The molecule has 0 radical (unpaired) electrons. The number of nitrogens with zero attached hydrogens (tertiary/aromatic N) is 2. The molecule has 0 saturated heterocycles. The van der Waals surface area contributed by atoms with Gasteiger partial charge in [-0.15, -0.1) is 0 Å². The second kappa shape index (κ2) is 14.7. The van der Waals surface area contributed by atoms with Crippen LogP contribution in [0.5, 0.6) is 0 Å². The van der Waals surface area contributed by atoms with Gasteiger partial charge < -0.3 is 19.7 Å². The Labute approximate surface area is 177 Å². The van der Waals surface area contributed by atoms with Crippen LogP contribution in [0.1, 0.15) is 62.3 Å². The minimum absolute atomic E-state index is 0.0565. The van der Waals surface area contributed by atoms with Crippen LogP contribution in [-0.2, 0) is 19.1 Å². The first kappa shape index (κ1) is 30.0. The van der Waals surface area contributed by atoms with E-state index in [0.717, 1.165) is 6.54 Å². The number of hydrogen-bond donors (Lipinski definition) is 2. The molecule has 0 aromatic carbocycles. The molecule has 0 rings (SSSR count). The lowest BCUT2D eigenvalue weighted by molar-refractivity contribution is -0.157. The molecule has 0 saturated carbocycles. The summed E-state index contributed by atoms with van der Waals surface area (Å²) in [7, 11) is 0. The molecule has 0 unspecified atom stereocenters. The molecule has 8 nitrogen and oxygen atoms in total. The molecule has 0 fully saturated rings. The third-order valence-corrected chi connectivity index (χ3v) is 3.51. The first-order chi connectivity index (χ1) is 13.1. The van der Waals surface area contributed by atoms with Crippen molar-refractivity contribution in [2.24, 2.45) is 0 Å². The molecule has 0 aliphatic carbocycles. The number of esters is 2. The van der Waals surface area contributed by atoms with Crippen LogP contribution in [0.25, 0.3) is 0 Å². The van der Waals surface area contributed by atoms with Gasteiger partial charge in [-0.2, -0.15) is 0 Å². The van der Waals surface area contributed by atoms with E-state index in [4.69, 9.17) is 19.7 Å². The van der Waals surface area contributed by atoms with Gasteiger partial charge in [-0.1, -0.05) is 6.92 Å². The molecular weight excluding hydrogens is 376 g/mol. The average molecular weight is 421 g/mol. The van der Waals surface area contributed by atoms with E-state index in [2.05, 4.69) is 0 Å². The SMILES string of the molecule is CC(C)N(CCO)CC(=O)OC(C)(C)C.CCN(CCO)CC(=O)OC(C)(C)C. The van der Waals surface area contributed by atoms with E-state index in [-0.39, 0.29) is 44.3 Å². The minimum atomic E-state index is -0.445. The van der Waals surface area contributed by atoms with Crippen molar-refractivity contribution in [1.29, 1.82) is 0 Å². The standard InChI is InChI=1S/C11H23NO3.C10H21NO3/c1-9(2)12(6-7-13)8-10(14)15-11(3,4)5;1-5-11(6-7-12)8-9(13)14-10(2,3)4/h9,13H,6-8H2,1-5H3;12H,5-8H2,1-4H3. The van der Waals surface area contributed by atoms with Gasteiger partial charge in [-0.25, -0.2) is 0 Å². The fourth-order valence-corrected chi connectivity index (χ4v) is 2.23. The van der Waals surface area contributed by atoms with E-state index in [1.165, 1.54) is 0 Å². The number of carbonyl (C=O) groups is 2. The summed E-state index contributed by atoms with van der Waals surface area (Å²) in [4.78, 5) is 26.6. The smallest absolute Gasteiger partial charge is 0.320 e. The quantitative estimate of drug-likeness (QED) is 0.515. The second-order valence-electron chi connectivity index (χ2n) is 9.05. The van der Waals surface area contributed by atoms with Crippen molar-refractivity contribution in [3.05, 3.63) is 0 Å². The summed E-state index contributed by atoms with van der Waals surface area (Å²) in [6.45, 7) is 19.3. The van der Waals surface area contributed by atoms with E-state index in [0.29, 0.717) is 13.1 Å². The normalized spacial score (nSPS) is 12.1. The largest absolute Gasteiger partial charge is 0.459 e. The predicted molar refractivity (Wildman–Crippen MR) is 115 cm³/mol. The van der Waals surface area contributed by atoms with Crippen molar-refractivity contribution in [2.45, 2.75) is 79.6 Å². The predicted octanol–water partition coefficient (Wildman–Crippen LogP) is 1.67. The zero-order chi connectivity index (χ0) is 23.3. The summed E-state index contributed by atoms with van der Waals surface area (Å²) in [5.74, 6) is -0.488. The average Bonchev–Trinajstić information content (AvgIpc) is 2.51. The monoisotopic (exact) mass is 420 g/mol. The Kier molecular flexibility index (Phi) is 15.2. The maximum Gasteiger partial charge on any atom is 0.320 e. The van der Waals surface area contributed by atoms with Crippen LogP contribution in [0.15, 0.2) is 0 Å². The number of aliphatic hydroxyl groups is 2. The number of aliphatic hydroxyl groups excluding tert-OH is 2. The molecule has 8 heteroatoms. The van der Waals surface area contributed by atoms with E-state index < -0.39 is 11.2 Å². The summed E-state index contributed by atoms with van der Waals surface area (Å²) in [6.07, 6.45) is 0. The van der Waals surface area contributed by atoms with Crippen LogP contribution < -0.4 is 0 Å². The maximum atomic E-state index is 11.5. The number of rotatable bonds is 10. The van der Waals surface area contributed by atoms with Crippen LogP contribution in [0.3, 0.4) is 0 Å². The third kappa shape index (κ3) is 19.9. The topological polar surface area (TPSA) is 99.5 Å². The Morgan fingerprint density at radius 3 is 1.55 bits per heavy atom. The molecule has 174 valence electrons. The molecule has 2 N–H and O–H groups in total.